The van der Waals surface area contributed by atoms with Crippen LogP contribution in [0.15, 0.2) is 36.5 Å². The van der Waals surface area contributed by atoms with Crippen LogP contribution >= 0.6 is 23.2 Å². The Morgan fingerprint density at radius 2 is 2.05 bits per heavy atom. The van der Waals surface area contributed by atoms with Crippen molar-refractivity contribution in [2.45, 2.75) is 0 Å². The molecule has 2 aromatic heterocycles. The first-order valence-electron chi connectivity index (χ1n) is 5.70. The molecule has 0 aliphatic rings. The van der Waals surface area contributed by atoms with E-state index < -0.39 is 5.91 Å². The van der Waals surface area contributed by atoms with Gasteiger partial charge in [-0.15, -0.1) is 0 Å². The monoisotopic (exact) mass is 306 g/mol. The van der Waals surface area contributed by atoms with E-state index in [1.807, 2.05) is 6.07 Å². The van der Waals surface area contributed by atoms with Crippen LogP contribution < -0.4 is 5.32 Å². The normalized spacial score (nSPS) is 10.7. The number of hydrogen-bond acceptors (Lipinski definition) is 3. The Kier molecular flexibility index (Phi) is 3.30. The number of fused-ring (bicyclic) bond motifs is 1. The fourth-order valence-corrected chi connectivity index (χ4v) is 2.13. The van der Waals surface area contributed by atoms with Gasteiger partial charge in [0.05, 0.1) is 16.7 Å². The van der Waals surface area contributed by atoms with Crippen molar-refractivity contribution in [1.82, 2.24) is 15.2 Å². The lowest BCUT2D eigenvalue weighted by Crippen LogP contribution is -2.14. The molecule has 1 aromatic carbocycles. The number of aromatic nitrogens is 3. The Labute approximate surface area is 123 Å². The van der Waals surface area contributed by atoms with Crippen LogP contribution in [0.2, 0.25) is 10.2 Å². The molecule has 20 heavy (non-hydrogen) atoms. The predicted molar refractivity (Wildman–Crippen MR) is 78.3 cm³/mol. The SMILES string of the molecule is O=C(Nc1ccc2[nH]ncc2c1)c1nc(Cl)ccc1Cl. The molecule has 3 rings (SSSR count). The average molecular weight is 307 g/mol. The lowest BCUT2D eigenvalue weighted by molar-refractivity contribution is 0.102. The molecule has 0 aliphatic carbocycles. The van der Waals surface area contributed by atoms with Crippen LogP contribution in [-0.2, 0) is 0 Å². The molecule has 0 atom stereocenters. The van der Waals surface area contributed by atoms with Crippen molar-refractivity contribution in [2.75, 3.05) is 5.32 Å². The van der Waals surface area contributed by atoms with Crippen LogP contribution in [0.5, 0.6) is 0 Å². The van der Waals surface area contributed by atoms with E-state index in [0.717, 1.165) is 10.9 Å². The number of halogens is 2. The standard InChI is InChI=1S/C13H8Cl2N4O/c14-9-2-4-11(15)18-12(9)13(20)17-8-1-3-10-7(5-8)6-16-19-10/h1-6H,(H,16,19)(H,17,20). The summed E-state index contributed by atoms with van der Waals surface area (Å²) in [5.41, 5.74) is 1.61. The van der Waals surface area contributed by atoms with Gasteiger partial charge in [-0.1, -0.05) is 23.2 Å². The minimum Gasteiger partial charge on any atom is -0.321 e. The van der Waals surface area contributed by atoms with Crippen molar-refractivity contribution in [1.29, 1.82) is 0 Å². The molecule has 5 nitrogen and oxygen atoms in total. The summed E-state index contributed by atoms with van der Waals surface area (Å²) in [6.45, 7) is 0. The van der Waals surface area contributed by atoms with E-state index >= 15 is 0 Å². The second-order valence-corrected chi connectivity index (χ2v) is 4.89. The van der Waals surface area contributed by atoms with Crippen molar-refractivity contribution in [3.05, 3.63) is 52.4 Å². The van der Waals surface area contributed by atoms with E-state index in [1.165, 1.54) is 12.1 Å². The van der Waals surface area contributed by atoms with Gasteiger partial charge < -0.3 is 5.32 Å². The zero-order valence-electron chi connectivity index (χ0n) is 10.0. The molecule has 7 heteroatoms. The second-order valence-electron chi connectivity index (χ2n) is 4.09. The van der Waals surface area contributed by atoms with E-state index in [0.29, 0.717) is 5.69 Å². The highest BCUT2D eigenvalue weighted by Crippen LogP contribution is 2.20. The van der Waals surface area contributed by atoms with E-state index in [2.05, 4.69) is 20.5 Å². The third-order valence-corrected chi connectivity index (χ3v) is 3.24. The summed E-state index contributed by atoms with van der Waals surface area (Å²) in [4.78, 5) is 16.0. The maximum Gasteiger partial charge on any atom is 0.275 e. The third kappa shape index (κ3) is 2.45. The topological polar surface area (TPSA) is 70.7 Å². The lowest BCUT2D eigenvalue weighted by Gasteiger charge is -2.06. The maximum absolute atomic E-state index is 12.1. The highest BCUT2D eigenvalue weighted by molar-refractivity contribution is 6.35. The third-order valence-electron chi connectivity index (χ3n) is 2.73. The molecule has 0 spiro atoms. The first-order valence-corrected chi connectivity index (χ1v) is 6.45. The number of rotatable bonds is 2. The van der Waals surface area contributed by atoms with Crippen molar-refractivity contribution < 1.29 is 4.79 Å². The first kappa shape index (κ1) is 12.9. The molecule has 3 aromatic rings. The fraction of sp³-hybridized carbons (Fsp3) is 0. The number of nitrogens with zero attached hydrogens (tertiary/aromatic N) is 2. The van der Waals surface area contributed by atoms with E-state index in [9.17, 15) is 4.79 Å². The molecule has 0 radical (unpaired) electrons. The maximum atomic E-state index is 12.1. The van der Waals surface area contributed by atoms with Gasteiger partial charge in [0.25, 0.3) is 5.91 Å². The molecule has 0 saturated carbocycles. The number of nitrogens with one attached hydrogen (secondary N) is 2. The second kappa shape index (κ2) is 5.11. The molecule has 0 saturated heterocycles. The van der Waals surface area contributed by atoms with Crippen molar-refractivity contribution in [2.24, 2.45) is 0 Å². The number of pyridine rings is 1. The molecule has 0 aliphatic heterocycles. The molecule has 0 fully saturated rings. The number of hydrogen-bond donors (Lipinski definition) is 2. The van der Waals surface area contributed by atoms with Gasteiger partial charge in [-0.2, -0.15) is 5.10 Å². The van der Waals surface area contributed by atoms with Crippen LogP contribution in [0.25, 0.3) is 10.9 Å². The quantitative estimate of drug-likeness (QED) is 0.712. The molecule has 0 bridgehead atoms. The van der Waals surface area contributed by atoms with E-state index in [1.54, 1.807) is 18.3 Å². The molecule has 2 N–H and O–H groups in total. The Morgan fingerprint density at radius 3 is 2.90 bits per heavy atom. The summed E-state index contributed by atoms with van der Waals surface area (Å²) in [6.07, 6.45) is 1.68. The van der Waals surface area contributed by atoms with Crippen LogP contribution in [0.4, 0.5) is 5.69 Å². The summed E-state index contributed by atoms with van der Waals surface area (Å²) < 4.78 is 0. The smallest absolute Gasteiger partial charge is 0.275 e. The number of aromatic amines is 1. The highest BCUT2D eigenvalue weighted by atomic mass is 35.5. The van der Waals surface area contributed by atoms with Gasteiger partial charge in [0.1, 0.15) is 10.8 Å². The summed E-state index contributed by atoms with van der Waals surface area (Å²) in [6, 6.07) is 8.44. The van der Waals surface area contributed by atoms with Gasteiger partial charge in [-0.3, -0.25) is 9.89 Å². The molecule has 100 valence electrons. The molecular weight excluding hydrogens is 299 g/mol. The molecule has 0 unspecified atom stereocenters. The van der Waals surface area contributed by atoms with Gasteiger partial charge in [-0.05, 0) is 30.3 Å². The summed E-state index contributed by atoms with van der Waals surface area (Å²) in [5.74, 6) is -0.416. The molecule has 1 amide bonds. The number of H-pyrrole nitrogens is 1. The minimum absolute atomic E-state index is 0.0893. The average Bonchev–Trinajstić information content (AvgIpc) is 2.89. The Bertz CT molecular complexity index is 800. The Morgan fingerprint density at radius 1 is 1.20 bits per heavy atom. The van der Waals surface area contributed by atoms with Gasteiger partial charge in [0.2, 0.25) is 0 Å². The number of carbonyl (C=O) groups excluding carboxylic acids is 1. The van der Waals surface area contributed by atoms with Gasteiger partial charge in [-0.25, -0.2) is 4.98 Å². The Balaban J connectivity index is 1.89. The Hall–Kier alpha value is -2.11. The number of benzene rings is 1. The summed E-state index contributed by atoms with van der Waals surface area (Å²) >= 11 is 11.7. The van der Waals surface area contributed by atoms with Crippen molar-refractivity contribution >= 4 is 45.7 Å². The van der Waals surface area contributed by atoms with E-state index in [-0.39, 0.29) is 15.9 Å². The highest BCUT2D eigenvalue weighted by Gasteiger charge is 2.13. The van der Waals surface area contributed by atoms with Crippen molar-refractivity contribution in [3.63, 3.8) is 0 Å². The summed E-state index contributed by atoms with van der Waals surface area (Å²) in [7, 11) is 0. The predicted octanol–water partition coefficient (Wildman–Crippen LogP) is 3.52. The van der Waals surface area contributed by atoms with Crippen LogP contribution in [0.3, 0.4) is 0 Å². The first-order chi connectivity index (χ1) is 9.63. The van der Waals surface area contributed by atoms with Gasteiger partial charge in [0, 0.05) is 11.1 Å². The molecule has 2 heterocycles. The lowest BCUT2D eigenvalue weighted by atomic mass is 10.2. The zero-order chi connectivity index (χ0) is 14.1. The largest absolute Gasteiger partial charge is 0.321 e. The van der Waals surface area contributed by atoms with Crippen LogP contribution in [-0.4, -0.2) is 21.1 Å². The zero-order valence-corrected chi connectivity index (χ0v) is 11.5. The molecular formula is C13H8Cl2N4O. The van der Waals surface area contributed by atoms with Crippen LogP contribution in [0, 0.1) is 0 Å². The van der Waals surface area contributed by atoms with E-state index in [4.69, 9.17) is 23.2 Å². The summed E-state index contributed by atoms with van der Waals surface area (Å²) in [5, 5.41) is 10.8. The van der Waals surface area contributed by atoms with Crippen LogP contribution in [0.1, 0.15) is 10.5 Å². The van der Waals surface area contributed by atoms with Crippen molar-refractivity contribution in [3.8, 4) is 0 Å². The van der Waals surface area contributed by atoms with Gasteiger partial charge >= 0.3 is 0 Å². The minimum atomic E-state index is -0.416. The number of amides is 1. The van der Waals surface area contributed by atoms with Gasteiger partial charge in [0.15, 0.2) is 0 Å². The number of anilines is 1. The fourth-order valence-electron chi connectivity index (χ4n) is 1.79. The number of carbonyl (C=O) groups is 1.